The molecule has 6 nitrogen and oxygen atoms in total. The molecule has 1 atom stereocenters. The van der Waals surface area contributed by atoms with Crippen LogP contribution in [-0.4, -0.2) is 44.6 Å². The van der Waals surface area contributed by atoms with Crippen LogP contribution in [0.5, 0.6) is 0 Å². The first kappa shape index (κ1) is 24.3. The van der Waals surface area contributed by atoms with Gasteiger partial charge in [-0.05, 0) is 81.1 Å². The highest BCUT2D eigenvalue weighted by molar-refractivity contribution is 7.92. The molecule has 2 aromatic rings. The number of piperidine rings is 1. The van der Waals surface area contributed by atoms with Gasteiger partial charge >= 0.3 is 0 Å². The molecule has 1 heterocycles. The Morgan fingerprint density at radius 1 is 1.00 bits per heavy atom. The molecule has 0 radical (unpaired) electrons. The number of likely N-dealkylation sites (tertiary alicyclic amines) is 1. The Morgan fingerprint density at radius 2 is 1.56 bits per heavy atom. The van der Waals surface area contributed by atoms with E-state index in [1.807, 2.05) is 32.0 Å². The Kier molecular flexibility index (Phi) is 7.96. The van der Waals surface area contributed by atoms with E-state index in [0.29, 0.717) is 12.2 Å². The summed E-state index contributed by atoms with van der Waals surface area (Å²) in [6.07, 6.45) is 5.01. The first-order valence-electron chi connectivity index (χ1n) is 11.3. The Balaban J connectivity index is 1.63. The minimum Gasteiger partial charge on any atom is -0.350 e. The average molecular weight is 458 g/mol. The SMILES string of the molecule is Cc1cc(C)cc(N([C@H](C)C(=O)NCc2ccc(CN3CCCCC3)cc2)S(C)(=O)=O)c1. The van der Waals surface area contributed by atoms with E-state index in [1.54, 1.807) is 19.1 Å². The van der Waals surface area contributed by atoms with Gasteiger partial charge in [-0.1, -0.05) is 36.8 Å². The van der Waals surface area contributed by atoms with E-state index in [4.69, 9.17) is 0 Å². The highest BCUT2D eigenvalue weighted by Crippen LogP contribution is 2.24. The van der Waals surface area contributed by atoms with Crippen molar-refractivity contribution in [3.05, 3.63) is 64.7 Å². The van der Waals surface area contributed by atoms with Gasteiger partial charge in [0.2, 0.25) is 15.9 Å². The lowest BCUT2D eigenvalue weighted by molar-refractivity contribution is -0.122. The molecule has 1 amide bonds. The first-order chi connectivity index (χ1) is 15.1. The lowest BCUT2D eigenvalue weighted by atomic mass is 10.1. The summed E-state index contributed by atoms with van der Waals surface area (Å²) >= 11 is 0. The lowest BCUT2D eigenvalue weighted by Crippen LogP contribution is -2.47. The topological polar surface area (TPSA) is 69.7 Å². The Bertz CT molecular complexity index is 1010. The van der Waals surface area contributed by atoms with Crippen molar-refractivity contribution < 1.29 is 13.2 Å². The van der Waals surface area contributed by atoms with Crippen molar-refractivity contribution in [1.82, 2.24) is 10.2 Å². The zero-order chi connectivity index (χ0) is 23.3. The van der Waals surface area contributed by atoms with Gasteiger partial charge in [-0.2, -0.15) is 0 Å². The van der Waals surface area contributed by atoms with Gasteiger partial charge in [-0.3, -0.25) is 14.0 Å². The van der Waals surface area contributed by atoms with Gasteiger partial charge in [0.25, 0.3) is 0 Å². The molecule has 7 heteroatoms. The molecule has 0 unspecified atom stereocenters. The third-order valence-corrected chi connectivity index (χ3v) is 7.14. The number of hydrogen-bond donors (Lipinski definition) is 1. The summed E-state index contributed by atoms with van der Waals surface area (Å²) in [5, 5.41) is 2.90. The van der Waals surface area contributed by atoms with Crippen LogP contribution >= 0.6 is 0 Å². The predicted octanol–water partition coefficient (Wildman–Crippen LogP) is 3.76. The molecular formula is C25H35N3O3S. The maximum absolute atomic E-state index is 12.9. The summed E-state index contributed by atoms with van der Waals surface area (Å²) in [7, 11) is -3.63. The average Bonchev–Trinajstić information content (AvgIpc) is 2.72. The van der Waals surface area contributed by atoms with E-state index in [-0.39, 0.29) is 5.91 Å². The Labute approximate surface area is 192 Å². The molecule has 0 aliphatic carbocycles. The van der Waals surface area contributed by atoms with Gasteiger partial charge in [-0.25, -0.2) is 8.42 Å². The van der Waals surface area contributed by atoms with Gasteiger partial charge in [0.15, 0.2) is 0 Å². The molecule has 2 aromatic carbocycles. The standard InChI is InChI=1S/C25H35N3O3S/c1-19-14-20(2)16-24(15-19)28(32(4,30)31)21(3)25(29)26-17-22-8-10-23(11-9-22)18-27-12-6-5-7-13-27/h8-11,14-16,21H,5-7,12-13,17-18H2,1-4H3,(H,26,29)/t21-/m1/s1. The summed E-state index contributed by atoms with van der Waals surface area (Å²) in [6.45, 7) is 9.09. The molecule has 0 saturated carbocycles. The van der Waals surface area contributed by atoms with Gasteiger partial charge in [0, 0.05) is 13.1 Å². The number of anilines is 1. The fraction of sp³-hybridized carbons (Fsp3) is 0.480. The van der Waals surface area contributed by atoms with Crippen LogP contribution < -0.4 is 9.62 Å². The summed E-state index contributed by atoms with van der Waals surface area (Å²) in [5.41, 5.74) is 4.67. The van der Waals surface area contributed by atoms with Crippen LogP contribution in [0.3, 0.4) is 0 Å². The van der Waals surface area contributed by atoms with Gasteiger partial charge < -0.3 is 5.32 Å². The Morgan fingerprint density at radius 3 is 2.12 bits per heavy atom. The number of nitrogens with zero attached hydrogens (tertiary/aromatic N) is 2. The van der Waals surface area contributed by atoms with Crippen LogP contribution in [0, 0.1) is 13.8 Å². The number of sulfonamides is 1. The first-order valence-corrected chi connectivity index (χ1v) is 13.1. The van der Waals surface area contributed by atoms with E-state index in [9.17, 15) is 13.2 Å². The van der Waals surface area contributed by atoms with Crippen LogP contribution in [0.25, 0.3) is 0 Å². The van der Waals surface area contributed by atoms with Crippen molar-refractivity contribution in [2.24, 2.45) is 0 Å². The number of hydrogen-bond acceptors (Lipinski definition) is 4. The van der Waals surface area contributed by atoms with E-state index in [0.717, 1.165) is 42.6 Å². The maximum Gasteiger partial charge on any atom is 0.243 e. The van der Waals surface area contributed by atoms with Crippen LogP contribution in [-0.2, 0) is 27.9 Å². The second-order valence-corrected chi connectivity index (χ2v) is 10.8. The quantitative estimate of drug-likeness (QED) is 0.655. The molecular weight excluding hydrogens is 422 g/mol. The van der Waals surface area contributed by atoms with Crippen LogP contribution in [0.1, 0.15) is 48.4 Å². The van der Waals surface area contributed by atoms with E-state index in [2.05, 4.69) is 22.3 Å². The lowest BCUT2D eigenvalue weighted by Gasteiger charge is -2.29. The van der Waals surface area contributed by atoms with Crippen molar-refractivity contribution in [2.75, 3.05) is 23.7 Å². The third kappa shape index (κ3) is 6.56. The van der Waals surface area contributed by atoms with Crippen molar-refractivity contribution in [1.29, 1.82) is 0 Å². The zero-order valence-electron chi connectivity index (χ0n) is 19.6. The largest absolute Gasteiger partial charge is 0.350 e. The van der Waals surface area contributed by atoms with Crippen molar-refractivity contribution in [3.63, 3.8) is 0 Å². The van der Waals surface area contributed by atoms with Gasteiger partial charge in [0.1, 0.15) is 6.04 Å². The third-order valence-electron chi connectivity index (χ3n) is 5.89. The molecule has 3 rings (SSSR count). The maximum atomic E-state index is 12.9. The number of benzene rings is 2. The fourth-order valence-corrected chi connectivity index (χ4v) is 5.52. The highest BCUT2D eigenvalue weighted by atomic mass is 32.2. The molecule has 32 heavy (non-hydrogen) atoms. The number of carbonyl (C=O) groups excluding carboxylic acids is 1. The number of rotatable bonds is 8. The molecule has 0 bridgehead atoms. The number of aryl methyl sites for hydroxylation is 2. The molecule has 0 aromatic heterocycles. The van der Waals surface area contributed by atoms with Crippen molar-refractivity contribution >= 4 is 21.6 Å². The molecule has 1 aliphatic heterocycles. The number of carbonyl (C=O) groups is 1. The summed E-state index contributed by atoms with van der Waals surface area (Å²) in [6, 6.07) is 13.0. The number of amides is 1. The summed E-state index contributed by atoms with van der Waals surface area (Å²) < 4.78 is 26.2. The number of nitrogens with one attached hydrogen (secondary N) is 1. The summed E-state index contributed by atoms with van der Waals surface area (Å²) in [5.74, 6) is -0.327. The monoisotopic (exact) mass is 457 g/mol. The normalized spacial score (nSPS) is 15.9. The second kappa shape index (κ2) is 10.5. The zero-order valence-corrected chi connectivity index (χ0v) is 20.4. The molecule has 1 fully saturated rings. The van der Waals surface area contributed by atoms with E-state index in [1.165, 1.54) is 29.1 Å². The summed E-state index contributed by atoms with van der Waals surface area (Å²) in [4.78, 5) is 15.3. The highest BCUT2D eigenvalue weighted by Gasteiger charge is 2.29. The predicted molar refractivity (Wildman–Crippen MR) is 130 cm³/mol. The minimum absolute atomic E-state index is 0.327. The fourth-order valence-electron chi connectivity index (χ4n) is 4.36. The molecule has 1 saturated heterocycles. The smallest absolute Gasteiger partial charge is 0.243 e. The van der Waals surface area contributed by atoms with Crippen LogP contribution in [0.15, 0.2) is 42.5 Å². The second-order valence-electron chi connectivity index (χ2n) is 8.95. The Hall–Kier alpha value is -2.38. The molecule has 1 aliphatic rings. The van der Waals surface area contributed by atoms with Crippen LogP contribution in [0.4, 0.5) is 5.69 Å². The van der Waals surface area contributed by atoms with Gasteiger partial charge in [-0.15, -0.1) is 0 Å². The van der Waals surface area contributed by atoms with E-state index >= 15 is 0 Å². The van der Waals surface area contributed by atoms with Crippen molar-refractivity contribution in [3.8, 4) is 0 Å². The van der Waals surface area contributed by atoms with Crippen molar-refractivity contribution in [2.45, 2.75) is 59.2 Å². The van der Waals surface area contributed by atoms with Gasteiger partial charge in [0.05, 0.1) is 11.9 Å². The van der Waals surface area contributed by atoms with Crippen LogP contribution in [0.2, 0.25) is 0 Å². The minimum atomic E-state index is -3.63. The molecule has 174 valence electrons. The molecule has 0 spiro atoms. The molecule has 1 N–H and O–H groups in total. The van der Waals surface area contributed by atoms with E-state index < -0.39 is 16.1 Å².